The van der Waals surface area contributed by atoms with E-state index in [4.69, 9.17) is 0 Å². The van der Waals surface area contributed by atoms with Crippen LogP contribution in [0.4, 0.5) is 0 Å². The van der Waals surface area contributed by atoms with Crippen LogP contribution in [0, 0.1) is 0 Å². The zero-order valence-electron chi connectivity index (χ0n) is 10.9. The Morgan fingerprint density at radius 3 is 2.80 bits per heavy atom. The van der Waals surface area contributed by atoms with Crippen LogP contribution in [-0.4, -0.2) is 27.1 Å². The number of benzene rings is 1. The molecule has 1 amide bonds. The Morgan fingerprint density at radius 1 is 1.40 bits per heavy atom. The molecule has 2 aromatic rings. The van der Waals surface area contributed by atoms with Crippen LogP contribution in [0.2, 0.25) is 0 Å². The highest BCUT2D eigenvalue weighted by atomic mass is 79.9. The summed E-state index contributed by atoms with van der Waals surface area (Å²) in [5.74, 6) is -0.0917. The number of halogens is 1. The van der Waals surface area contributed by atoms with Gasteiger partial charge in [-0.3, -0.25) is 4.79 Å². The minimum atomic E-state index is -0.573. The van der Waals surface area contributed by atoms with Crippen LogP contribution in [-0.2, 0) is 11.3 Å². The zero-order chi connectivity index (χ0) is 14.4. The first-order valence-corrected chi connectivity index (χ1v) is 7.10. The van der Waals surface area contributed by atoms with E-state index in [1.165, 1.54) is 0 Å². The average Bonchev–Trinajstić information content (AvgIpc) is 2.92. The predicted octanol–water partition coefficient (Wildman–Crippen LogP) is 1.89. The van der Waals surface area contributed by atoms with E-state index in [9.17, 15) is 9.90 Å². The third-order valence-electron chi connectivity index (χ3n) is 2.88. The standard InChI is InChI=1S/C14H16BrN3O2/c15-12-3-1-11(2-4-12)13(19)5-6-17-14(20)9-18-8-7-16-10-18/h1-4,7-8,10,13,19H,5-6,9H2,(H,17,20). The van der Waals surface area contributed by atoms with Gasteiger partial charge in [0.2, 0.25) is 5.91 Å². The number of aliphatic hydroxyl groups is 1. The van der Waals surface area contributed by atoms with Gasteiger partial charge in [-0.05, 0) is 24.1 Å². The fourth-order valence-electron chi connectivity index (χ4n) is 1.80. The second kappa shape index (κ2) is 7.21. The maximum atomic E-state index is 11.6. The highest BCUT2D eigenvalue weighted by molar-refractivity contribution is 9.10. The summed E-state index contributed by atoms with van der Waals surface area (Å²) in [5.41, 5.74) is 0.844. The fourth-order valence-corrected chi connectivity index (χ4v) is 2.07. The number of hydrogen-bond donors (Lipinski definition) is 2. The summed E-state index contributed by atoms with van der Waals surface area (Å²) in [6.45, 7) is 0.680. The number of aliphatic hydroxyl groups excluding tert-OH is 1. The number of nitrogens with zero attached hydrogens (tertiary/aromatic N) is 2. The smallest absolute Gasteiger partial charge is 0.239 e. The van der Waals surface area contributed by atoms with Crippen LogP contribution in [0.25, 0.3) is 0 Å². The highest BCUT2D eigenvalue weighted by Gasteiger charge is 2.08. The molecule has 0 saturated carbocycles. The van der Waals surface area contributed by atoms with Crippen LogP contribution < -0.4 is 5.32 Å². The van der Waals surface area contributed by atoms with Crippen molar-refractivity contribution in [2.24, 2.45) is 0 Å². The van der Waals surface area contributed by atoms with Crippen molar-refractivity contribution in [3.8, 4) is 0 Å². The summed E-state index contributed by atoms with van der Waals surface area (Å²) in [7, 11) is 0. The molecule has 1 heterocycles. The van der Waals surface area contributed by atoms with Crippen molar-refractivity contribution in [1.29, 1.82) is 0 Å². The van der Waals surface area contributed by atoms with Gasteiger partial charge in [0, 0.05) is 23.4 Å². The van der Waals surface area contributed by atoms with Gasteiger partial charge in [-0.15, -0.1) is 0 Å². The van der Waals surface area contributed by atoms with Crippen LogP contribution in [0.1, 0.15) is 18.1 Å². The van der Waals surface area contributed by atoms with Crippen molar-refractivity contribution >= 4 is 21.8 Å². The monoisotopic (exact) mass is 337 g/mol. The summed E-state index contributed by atoms with van der Waals surface area (Å²) < 4.78 is 2.67. The molecule has 106 valence electrons. The molecule has 0 aliphatic rings. The lowest BCUT2D eigenvalue weighted by Gasteiger charge is -2.12. The Bertz CT molecular complexity index is 540. The minimum Gasteiger partial charge on any atom is -0.388 e. The van der Waals surface area contributed by atoms with Crippen molar-refractivity contribution in [3.63, 3.8) is 0 Å². The van der Waals surface area contributed by atoms with Crippen LogP contribution >= 0.6 is 15.9 Å². The Labute approximate surface area is 125 Å². The first kappa shape index (κ1) is 14.7. The molecule has 2 rings (SSSR count). The lowest BCUT2D eigenvalue weighted by molar-refractivity contribution is -0.121. The summed E-state index contributed by atoms with van der Waals surface area (Å²) in [4.78, 5) is 15.5. The molecule has 0 aliphatic heterocycles. The molecule has 1 atom stereocenters. The lowest BCUT2D eigenvalue weighted by Crippen LogP contribution is -2.28. The number of imidazole rings is 1. The second-order valence-electron chi connectivity index (χ2n) is 4.44. The SMILES string of the molecule is O=C(Cn1ccnc1)NCCC(O)c1ccc(Br)cc1. The number of rotatable bonds is 6. The molecule has 1 aromatic heterocycles. The van der Waals surface area contributed by atoms with E-state index in [2.05, 4.69) is 26.2 Å². The van der Waals surface area contributed by atoms with Gasteiger partial charge < -0.3 is 15.0 Å². The second-order valence-corrected chi connectivity index (χ2v) is 5.36. The van der Waals surface area contributed by atoms with Gasteiger partial charge in [-0.1, -0.05) is 28.1 Å². The zero-order valence-corrected chi connectivity index (χ0v) is 12.5. The van der Waals surface area contributed by atoms with E-state index < -0.39 is 6.10 Å². The van der Waals surface area contributed by atoms with Gasteiger partial charge in [0.05, 0.1) is 12.4 Å². The maximum Gasteiger partial charge on any atom is 0.239 e. The largest absolute Gasteiger partial charge is 0.388 e. The maximum absolute atomic E-state index is 11.6. The molecule has 20 heavy (non-hydrogen) atoms. The normalized spacial score (nSPS) is 12.1. The molecular formula is C14H16BrN3O2. The molecular weight excluding hydrogens is 322 g/mol. The molecule has 1 aromatic carbocycles. The number of aromatic nitrogens is 2. The number of amides is 1. The van der Waals surface area contributed by atoms with Crippen LogP contribution in [0.3, 0.4) is 0 Å². The summed E-state index contributed by atoms with van der Waals surface area (Å²) in [5, 5.41) is 12.8. The van der Waals surface area contributed by atoms with Crippen molar-refractivity contribution < 1.29 is 9.90 Å². The molecule has 1 unspecified atom stereocenters. The van der Waals surface area contributed by atoms with E-state index in [0.29, 0.717) is 13.0 Å². The highest BCUT2D eigenvalue weighted by Crippen LogP contribution is 2.18. The molecule has 0 aliphatic carbocycles. The van der Waals surface area contributed by atoms with Crippen LogP contribution in [0.15, 0.2) is 47.5 Å². The molecule has 0 fully saturated rings. The Hall–Kier alpha value is -1.66. The van der Waals surface area contributed by atoms with E-state index in [1.54, 1.807) is 23.3 Å². The van der Waals surface area contributed by atoms with Gasteiger partial charge in [0.25, 0.3) is 0 Å². The van der Waals surface area contributed by atoms with Gasteiger partial charge >= 0.3 is 0 Å². The average molecular weight is 338 g/mol. The van der Waals surface area contributed by atoms with Gasteiger partial charge in [-0.25, -0.2) is 4.98 Å². The summed E-state index contributed by atoms with van der Waals surface area (Å²) >= 11 is 3.35. The summed E-state index contributed by atoms with van der Waals surface area (Å²) in [6.07, 6.45) is 4.87. The van der Waals surface area contributed by atoms with Crippen molar-refractivity contribution in [2.45, 2.75) is 19.1 Å². The van der Waals surface area contributed by atoms with Crippen molar-refractivity contribution in [2.75, 3.05) is 6.54 Å². The van der Waals surface area contributed by atoms with E-state index in [0.717, 1.165) is 10.0 Å². The third kappa shape index (κ3) is 4.47. The first-order valence-electron chi connectivity index (χ1n) is 6.31. The Balaban J connectivity index is 1.72. The number of carbonyl (C=O) groups is 1. The molecule has 6 heteroatoms. The molecule has 0 spiro atoms. The van der Waals surface area contributed by atoms with E-state index >= 15 is 0 Å². The number of hydrogen-bond acceptors (Lipinski definition) is 3. The first-order chi connectivity index (χ1) is 9.65. The lowest BCUT2D eigenvalue weighted by atomic mass is 10.1. The van der Waals surface area contributed by atoms with Crippen molar-refractivity contribution in [3.05, 3.63) is 53.0 Å². The number of carbonyl (C=O) groups excluding carboxylic acids is 1. The quantitative estimate of drug-likeness (QED) is 0.845. The third-order valence-corrected chi connectivity index (χ3v) is 3.41. The Morgan fingerprint density at radius 2 is 2.15 bits per heavy atom. The molecule has 0 saturated heterocycles. The van der Waals surface area contributed by atoms with Gasteiger partial charge in [-0.2, -0.15) is 0 Å². The fraction of sp³-hybridized carbons (Fsp3) is 0.286. The molecule has 2 N–H and O–H groups in total. The van der Waals surface area contributed by atoms with Gasteiger partial charge in [0.1, 0.15) is 6.54 Å². The number of nitrogens with one attached hydrogen (secondary N) is 1. The van der Waals surface area contributed by atoms with Crippen LogP contribution in [0.5, 0.6) is 0 Å². The minimum absolute atomic E-state index is 0.0917. The van der Waals surface area contributed by atoms with Crippen molar-refractivity contribution in [1.82, 2.24) is 14.9 Å². The molecule has 5 nitrogen and oxygen atoms in total. The topological polar surface area (TPSA) is 67.2 Å². The van der Waals surface area contributed by atoms with Gasteiger partial charge in [0.15, 0.2) is 0 Å². The predicted molar refractivity (Wildman–Crippen MR) is 79.0 cm³/mol. The molecule has 0 radical (unpaired) electrons. The van der Waals surface area contributed by atoms with E-state index in [1.807, 2.05) is 24.3 Å². The van der Waals surface area contributed by atoms with E-state index in [-0.39, 0.29) is 12.5 Å². The molecule has 0 bridgehead atoms. The Kier molecular flexibility index (Phi) is 5.31. The summed E-state index contributed by atoms with van der Waals surface area (Å²) in [6, 6.07) is 7.50.